The fourth-order valence-corrected chi connectivity index (χ4v) is 2.53. The summed E-state index contributed by atoms with van der Waals surface area (Å²) in [6.45, 7) is 0.946. The van der Waals surface area contributed by atoms with Crippen LogP contribution >= 0.6 is 15.9 Å². The average Bonchev–Trinajstić information content (AvgIpc) is 2.23. The molecular formula is C13H16BrNO2. The number of carboxylic acid groups (broad SMARTS) is 1. The Kier molecular flexibility index (Phi) is 3.72. The van der Waals surface area contributed by atoms with Crippen molar-refractivity contribution in [2.45, 2.75) is 19.3 Å². The maximum absolute atomic E-state index is 11.2. The fourth-order valence-electron chi connectivity index (χ4n) is 2.17. The highest BCUT2D eigenvalue weighted by atomic mass is 79.9. The molecule has 0 bridgehead atoms. The maximum atomic E-state index is 11.2. The molecule has 0 heterocycles. The van der Waals surface area contributed by atoms with Gasteiger partial charge >= 0.3 is 5.97 Å². The van der Waals surface area contributed by atoms with E-state index in [1.807, 2.05) is 19.2 Å². The summed E-state index contributed by atoms with van der Waals surface area (Å²) in [5, 5.41) is 9.20. The van der Waals surface area contributed by atoms with Gasteiger partial charge in [-0.2, -0.15) is 0 Å². The van der Waals surface area contributed by atoms with Gasteiger partial charge in [-0.3, -0.25) is 0 Å². The molecule has 1 N–H and O–H groups in total. The van der Waals surface area contributed by atoms with Crippen LogP contribution in [0.5, 0.6) is 0 Å². The van der Waals surface area contributed by atoms with Gasteiger partial charge in [0, 0.05) is 18.1 Å². The van der Waals surface area contributed by atoms with Gasteiger partial charge in [-0.1, -0.05) is 22.4 Å². The Morgan fingerprint density at radius 3 is 2.76 bits per heavy atom. The van der Waals surface area contributed by atoms with E-state index in [9.17, 15) is 9.90 Å². The van der Waals surface area contributed by atoms with Crippen LogP contribution in [-0.2, 0) is 0 Å². The average molecular weight is 298 g/mol. The van der Waals surface area contributed by atoms with Crippen LogP contribution in [0.4, 0.5) is 5.69 Å². The van der Waals surface area contributed by atoms with E-state index < -0.39 is 5.97 Å². The van der Waals surface area contributed by atoms with Crippen molar-refractivity contribution in [1.82, 2.24) is 0 Å². The van der Waals surface area contributed by atoms with Crippen molar-refractivity contribution in [2.75, 3.05) is 18.5 Å². The maximum Gasteiger partial charge on any atom is 0.337 e. The molecular weight excluding hydrogens is 282 g/mol. The smallest absolute Gasteiger partial charge is 0.337 e. The van der Waals surface area contributed by atoms with Crippen LogP contribution in [0.3, 0.4) is 0 Å². The molecule has 92 valence electrons. The molecule has 17 heavy (non-hydrogen) atoms. The second-order valence-electron chi connectivity index (χ2n) is 4.64. The van der Waals surface area contributed by atoms with Gasteiger partial charge in [0.15, 0.2) is 0 Å². The predicted octanol–water partition coefficient (Wildman–Crippen LogP) is 3.38. The first-order valence-corrected chi connectivity index (χ1v) is 6.61. The van der Waals surface area contributed by atoms with Gasteiger partial charge in [0.2, 0.25) is 0 Å². The molecule has 0 saturated heterocycles. The van der Waals surface area contributed by atoms with E-state index in [1.165, 1.54) is 19.3 Å². The molecule has 3 nitrogen and oxygen atoms in total. The SMILES string of the molecule is CN(CC1CCC1)c1ccc(Br)cc1C(=O)O. The zero-order valence-corrected chi connectivity index (χ0v) is 11.4. The minimum Gasteiger partial charge on any atom is -0.478 e. The number of nitrogens with zero attached hydrogens (tertiary/aromatic N) is 1. The topological polar surface area (TPSA) is 40.5 Å². The Morgan fingerprint density at radius 2 is 2.24 bits per heavy atom. The van der Waals surface area contributed by atoms with E-state index >= 15 is 0 Å². The lowest BCUT2D eigenvalue weighted by Gasteiger charge is -2.31. The summed E-state index contributed by atoms with van der Waals surface area (Å²) < 4.78 is 0.802. The summed E-state index contributed by atoms with van der Waals surface area (Å²) >= 11 is 3.31. The number of rotatable bonds is 4. The minimum absolute atomic E-state index is 0.362. The molecule has 0 unspecified atom stereocenters. The van der Waals surface area contributed by atoms with Gasteiger partial charge < -0.3 is 10.0 Å². The molecule has 1 aliphatic rings. The van der Waals surface area contributed by atoms with Crippen molar-refractivity contribution in [1.29, 1.82) is 0 Å². The third kappa shape index (κ3) is 2.80. The monoisotopic (exact) mass is 297 g/mol. The molecule has 0 amide bonds. The largest absolute Gasteiger partial charge is 0.478 e. The first-order valence-electron chi connectivity index (χ1n) is 5.82. The van der Waals surface area contributed by atoms with E-state index in [4.69, 9.17) is 0 Å². The lowest BCUT2D eigenvalue weighted by molar-refractivity contribution is 0.0697. The summed E-state index contributed by atoms with van der Waals surface area (Å²) in [5.74, 6) is -0.146. The summed E-state index contributed by atoms with van der Waals surface area (Å²) in [6, 6.07) is 5.42. The van der Waals surface area contributed by atoms with Crippen LogP contribution in [0, 0.1) is 5.92 Å². The second kappa shape index (κ2) is 5.08. The Balaban J connectivity index is 2.20. The van der Waals surface area contributed by atoms with Crippen LogP contribution in [0.1, 0.15) is 29.6 Å². The molecule has 4 heteroatoms. The third-order valence-corrected chi connectivity index (χ3v) is 3.85. The number of aromatic carboxylic acids is 1. The Hall–Kier alpha value is -1.03. The van der Waals surface area contributed by atoms with E-state index in [2.05, 4.69) is 20.8 Å². The molecule has 0 aliphatic heterocycles. The zero-order valence-electron chi connectivity index (χ0n) is 9.82. The molecule has 1 aliphatic carbocycles. The van der Waals surface area contributed by atoms with Crippen molar-refractivity contribution in [3.05, 3.63) is 28.2 Å². The highest BCUT2D eigenvalue weighted by Crippen LogP contribution is 2.30. The van der Waals surface area contributed by atoms with Gasteiger partial charge in [0.25, 0.3) is 0 Å². The molecule has 0 aromatic heterocycles. The third-order valence-electron chi connectivity index (χ3n) is 3.36. The van der Waals surface area contributed by atoms with Gasteiger partial charge in [-0.05, 0) is 37.0 Å². The number of halogens is 1. The van der Waals surface area contributed by atoms with Crippen molar-refractivity contribution < 1.29 is 9.90 Å². The molecule has 0 spiro atoms. The number of benzene rings is 1. The lowest BCUT2D eigenvalue weighted by atomic mass is 9.85. The normalized spacial score (nSPS) is 15.4. The molecule has 1 aromatic rings. The molecule has 0 radical (unpaired) electrons. The van der Waals surface area contributed by atoms with E-state index in [-0.39, 0.29) is 0 Å². The minimum atomic E-state index is -0.873. The number of carbonyl (C=O) groups is 1. The molecule has 2 rings (SSSR count). The lowest BCUT2D eigenvalue weighted by Crippen LogP contribution is -2.30. The second-order valence-corrected chi connectivity index (χ2v) is 5.56. The number of hydrogen-bond acceptors (Lipinski definition) is 2. The first-order chi connectivity index (χ1) is 8.08. The highest BCUT2D eigenvalue weighted by molar-refractivity contribution is 9.10. The van der Waals surface area contributed by atoms with Crippen LogP contribution < -0.4 is 4.90 Å². The predicted molar refractivity (Wildman–Crippen MR) is 71.7 cm³/mol. The Morgan fingerprint density at radius 1 is 1.53 bits per heavy atom. The Bertz CT molecular complexity index is 429. The Labute approximate surface area is 110 Å². The van der Waals surface area contributed by atoms with Gasteiger partial charge in [-0.15, -0.1) is 0 Å². The van der Waals surface area contributed by atoms with Gasteiger partial charge in [0.05, 0.1) is 11.3 Å². The fraction of sp³-hybridized carbons (Fsp3) is 0.462. The molecule has 1 aromatic carbocycles. The molecule has 1 saturated carbocycles. The van der Waals surface area contributed by atoms with Crippen LogP contribution in [0.15, 0.2) is 22.7 Å². The summed E-state index contributed by atoms with van der Waals surface area (Å²) in [6.07, 6.45) is 3.84. The van der Waals surface area contributed by atoms with Crippen LogP contribution in [-0.4, -0.2) is 24.7 Å². The van der Waals surface area contributed by atoms with E-state index in [0.717, 1.165) is 22.6 Å². The van der Waals surface area contributed by atoms with Gasteiger partial charge in [-0.25, -0.2) is 4.79 Å². The zero-order chi connectivity index (χ0) is 12.4. The number of anilines is 1. The van der Waals surface area contributed by atoms with Crippen molar-refractivity contribution >= 4 is 27.6 Å². The molecule has 1 fully saturated rings. The van der Waals surface area contributed by atoms with E-state index in [1.54, 1.807) is 6.07 Å². The number of hydrogen-bond donors (Lipinski definition) is 1. The molecule has 0 atom stereocenters. The van der Waals surface area contributed by atoms with Crippen molar-refractivity contribution in [3.8, 4) is 0 Å². The van der Waals surface area contributed by atoms with Crippen molar-refractivity contribution in [3.63, 3.8) is 0 Å². The summed E-state index contributed by atoms with van der Waals surface area (Å²) in [5.41, 5.74) is 1.16. The summed E-state index contributed by atoms with van der Waals surface area (Å²) in [7, 11) is 1.97. The number of carboxylic acids is 1. The summed E-state index contributed by atoms with van der Waals surface area (Å²) in [4.78, 5) is 13.3. The van der Waals surface area contributed by atoms with Crippen LogP contribution in [0.25, 0.3) is 0 Å². The standard InChI is InChI=1S/C13H16BrNO2/c1-15(8-9-3-2-4-9)12-6-5-10(14)7-11(12)13(16)17/h5-7,9H,2-4,8H2,1H3,(H,16,17). The van der Waals surface area contributed by atoms with Crippen molar-refractivity contribution in [2.24, 2.45) is 5.92 Å². The quantitative estimate of drug-likeness (QED) is 0.926. The van der Waals surface area contributed by atoms with E-state index in [0.29, 0.717) is 5.56 Å². The first kappa shape index (κ1) is 12.4. The van der Waals surface area contributed by atoms with Gasteiger partial charge in [0.1, 0.15) is 0 Å². The highest BCUT2D eigenvalue weighted by Gasteiger charge is 2.21. The van der Waals surface area contributed by atoms with Crippen LogP contribution in [0.2, 0.25) is 0 Å².